The molecule has 0 amide bonds. The van der Waals surface area contributed by atoms with E-state index >= 15 is 0 Å². The maximum Gasteiger partial charge on any atom is 0.309 e. The monoisotopic (exact) mass is 258 g/mol. The number of aliphatic carboxylic acids is 1. The van der Waals surface area contributed by atoms with Gasteiger partial charge in [0.2, 0.25) is 0 Å². The molecular formula is C15H18N2O2. The largest absolute Gasteiger partial charge is 0.481 e. The van der Waals surface area contributed by atoms with Crippen molar-refractivity contribution in [3.63, 3.8) is 0 Å². The van der Waals surface area contributed by atoms with Gasteiger partial charge in [-0.25, -0.2) is 0 Å². The average Bonchev–Trinajstić information content (AvgIpc) is 2.77. The number of likely N-dealkylation sites (tertiary alicyclic amines) is 1. The molecule has 0 radical (unpaired) electrons. The van der Waals surface area contributed by atoms with E-state index in [4.69, 9.17) is 5.26 Å². The molecule has 4 nitrogen and oxygen atoms in total. The van der Waals surface area contributed by atoms with E-state index < -0.39 is 17.8 Å². The van der Waals surface area contributed by atoms with Crippen molar-refractivity contribution in [2.24, 2.45) is 11.8 Å². The quantitative estimate of drug-likeness (QED) is 0.898. The van der Waals surface area contributed by atoms with Crippen molar-refractivity contribution in [1.29, 1.82) is 5.26 Å². The summed E-state index contributed by atoms with van der Waals surface area (Å²) in [5, 5.41) is 18.5. The van der Waals surface area contributed by atoms with Crippen LogP contribution in [0, 0.1) is 23.2 Å². The summed E-state index contributed by atoms with van der Waals surface area (Å²) >= 11 is 0. The molecule has 0 aliphatic carbocycles. The Kier molecular flexibility index (Phi) is 4.18. The fraction of sp³-hybridized carbons (Fsp3) is 0.467. The summed E-state index contributed by atoms with van der Waals surface area (Å²) in [7, 11) is 0. The average molecular weight is 258 g/mol. The van der Waals surface area contributed by atoms with Gasteiger partial charge in [0.1, 0.15) is 0 Å². The summed E-state index contributed by atoms with van der Waals surface area (Å²) in [4.78, 5) is 13.5. The SMILES string of the molecule is CCC1C(C(=O)O)C(C#N)CN1Cc1ccccc1. The highest BCUT2D eigenvalue weighted by atomic mass is 16.4. The van der Waals surface area contributed by atoms with Crippen molar-refractivity contribution in [2.75, 3.05) is 6.54 Å². The van der Waals surface area contributed by atoms with Gasteiger partial charge in [-0.05, 0) is 12.0 Å². The Morgan fingerprint density at radius 3 is 2.68 bits per heavy atom. The molecule has 0 spiro atoms. The Bertz CT molecular complexity index is 481. The summed E-state index contributed by atoms with van der Waals surface area (Å²) in [6, 6.07) is 12.1. The number of nitriles is 1. The molecule has 3 unspecified atom stereocenters. The van der Waals surface area contributed by atoms with Gasteiger partial charge in [0.25, 0.3) is 0 Å². The molecule has 2 rings (SSSR count). The zero-order chi connectivity index (χ0) is 13.8. The van der Waals surface area contributed by atoms with E-state index in [0.29, 0.717) is 13.1 Å². The molecule has 0 aromatic heterocycles. The molecule has 100 valence electrons. The van der Waals surface area contributed by atoms with E-state index in [9.17, 15) is 9.90 Å². The van der Waals surface area contributed by atoms with E-state index in [0.717, 1.165) is 12.0 Å². The standard InChI is InChI=1S/C15H18N2O2/c1-2-13-14(15(18)19)12(8-16)10-17(13)9-11-6-4-3-5-7-11/h3-7,12-14H,2,9-10H2,1H3,(H,18,19). The molecule has 1 aliphatic rings. The first-order valence-electron chi connectivity index (χ1n) is 6.57. The molecule has 0 saturated carbocycles. The molecule has 0 bridgehead atoms. The van der Waals surface area contributed by atoms with Crippen molar-refractivity contribution < 1.29 is 9.90 Å². The lowest BCUT2D eigenvalue weighted by molar-refractivity contribution is -0.143. The second kappa shape index (κ2) is 5.85. The summed E-state index contributed by atoms with van der Waals surface area (Å²) in [6.45, 7) is 3.24. The number of carboxylic acid groups (broad SMARTS) is 1. The van der Waals surface area contributed by atoms with Crippen molar-refractivity contribution >= 4 is 5.97 Å². The van der Waals surface area contributed by atoms with Crippen molar-refractivity contribution in [3.8, 4) is 6.07 Å². The topological polar surface area (TPSA) is 64.3 Å². The van der Waals surface area contributed by atoms with Crippen LogP contribution in [0.3, 0.4) is 0 Å². The summed E-state index contributed by atoms with van der Waals surface area (Å²) < 4.78 is 0. The molecule has 1 fully saturated rings. The van der Waals surface area contributed by atoms with E-state index in [-0.39, 0.29) is 6.04 Å². The van der Waals surface area contributed by atoms with E-state index in [2.05, 4.69) is 11.0 Å². The smallest absolute Gasteiger partial charge is 0.309 e. The van der Waals surface area contributed by atoms with Crippen molar-refractivity contribution in [1.82, 2.24) is 4.90 Å². The summed E-state index contributed by atoms with van der Waals surface area (Å²) in [5.41, 5.74) is 1.16. The first-order valence-corrected chi connectivity index (χ1v) is 6.57. The number of carboxylic acids is 1. The Hall–Kier alpha value is -1.86. The lowest BCUT2D eigenvalue weighted by Gasteiger charge is -2.25. The van der Waals surface area contributed by atoms with Gasteiger partial charge >= 0.3 is 5.97 Å². The van der Waals surface area contributed by atoms with Gasteiger partial charge in [-0.2, -0.15) is 5.26 Å². The highest BCUT2D eigenvalue weighted by molar-refractivity contribution is 5.72. The van der Waals surface area contributed by atoms with Crippen LogP contribution in [0.1, 0.15) is 18.9 Å². The Balaban J connectivity index is 2.17. The number of rotatable bonds is 4. The highest BCUT2D eigenvalue weighted by Crippen LogP contribution is 2.32. The lowest BCUT2D eigenvalue weighted by atomic mass is 9.90. The molecule has 3 atom stereocenters. The van der Waals surface area contributed by atoms with Gasteiger partial charge in [-0.1, -0.05) is 37.3 Å². The van der Waals surface area contributed by atoms with Crippen molar-refractivity contribution in [2.45, 2.75) is 25.9 Å². The van der Waals surface area contributed by atoms with Gasteiger partial charge in [-0.15, -0.1) is 0 Å². The van der Waals surface area contributed by atoms with Crippen LogP contribution in [0.4, 0.5) is 0 Å². The molecule has 1 aromatic carbocycles. The summed E-state index contributed by atoms with van der Waals surface area (Å²) in [6.07, 6.45) is 0.752. The molecule has 1 saturated heterocycles. The highest BCUT2D eigenvalue weighted by Gasteiger charge is 2.45. The van der Waals surface area contributed by atoms with E-state index in [1.807, 2.05) is 37.3 Å². The maximum absolute atomic E-state index is 11.4. The van der Waals surface area contributed by atoms with Gasteiger partial charge in [0.15, 0.2) is 0 Å². The van der Waals surface area contributed by atoms with Gasteiger partial charge in [0, 0.05) is 19.1 Å². The maximum atomic E-state index is 11.4. The Morgan fingerprint density at radius 2 is 2.16 bits per heavy atom. The minimum atomic E-state index is -0.853. The van der Waals surface area contributed by atoms with Crippen LogP contribution in [-0.4, -0.2) is 28.6 Å². The Morgan fingerprint density at radius 1 is 1.47 bits per heavy atom. The summed E-state index contributed by atoms with van der Waals surface area (Å²) in [5.74, 6) is -1.83. The third-order valence-corrected chi connectivity index (χ3v) is 3.85. The van der Waals surface area contributed by atoms with Crippen LogP contribution >= 0.6 is 0 Å². The molecule has 1 heterocycles. The minimum Gasteiger partial charge on any atom is -0.481 e. The van der Waals surface area contributed by atoms with Crippen LogP contribution in [0.15, 0.2) is 30.3 Å². The number of benzene rings is 1. The van der Waals surface area contributed by atoms with Gasteiger partial charge < -0.3 is 5.11 Å². The van der Waals surface area contributed by atoms with Crippen molar-refractivity contribution in [3.05, 3.63) is 35.9 Å². The normalized spacial score (nSPS) is 27.1. The van der Waals surface area contributed by atoms with E-state index in [1.165, 1.54) is 0 Å². The molecule has 4 heteroatoms. The number of nitrogens with zero attached hydrogens (tertiary/aromatic N) is 2. The zero-order valence-electron chi connectivity index (χ0n) is 11.0. The molecular weight excluding hydrogens is 240 g/mol. The number of carbonyl (C=O) groups is 1. The van der Waals surface area contributed by atoms with Crippen LogP contribution in [-0.2, 0) is 11.3 Å². The number of hydrogen-bond donors (Lipinski definition) is 1. The first-order chi connectivity index (χ1) is 9.17. The molecule has 19 heavy (non-hydrogen) atoms. The second-order valence-electron chi connectivity index (χ2n) is 4.99. The van der Waals surface area contributed by atoms with Gasteiger partial charge in [-0.3, -0.25) is 9.69 Å². The van der Waals surface area contributed by atoms with Crippen LogP contribution < -0.4 is 0 Å². The lowest BCUT2D eigenvalue weighted by Crippen LogP contribution is -2.35. The van der Waals surface area contributed by atoms with Gasteiger partial charge in [0.05, 0.1) is 17.9 Å². The fourth-order valence-electron chi connectivity index (χ4n) is 2.97. The Labute approximate surface area is 113 Å². The van der Waals surface area contributed by atoms with Crippen LogP contribution in [0.25, 0.3) is 0 Å². The zero-order valence-corrected chi connectivity index (χ0v) is 11.0. The van der Waals surface area contributed by atoms with Crippen LogP contribution in [0.5, 0.6) is 0 Å². The molecule has 1 N–H and O–H groups in total. The first kappa shape index (κ1) is 13.6. The number of hydrogen-bond acceptors (Lipinski definition) is 3. The predicted octanol–water partition coefficient (Wildman–Crippen LogP) is 2.12. The van der Waals surface area contributed by atoms with Crippen LogP contribution in [0.2, 0.25) is 0 Å². The second-order valence-corrected chi connectivity index (χ2v) is 4.99. The predicted molar refractivity (Wildman–Crippen MR) is 71.2 cm³/mol. The third-order valence-electron chi connectivity index (χ3n) is 3.85. The third kappa shape index (κ3) is 2.77. The minimum absolute atomic E-state index is 0.0534. The molecule has 1 aliphatic heterocycles. The molecule has 1 aromatic rings. The van der Waals surface area contributed by atoms with E-state index in [1.54, 1.807) is 0 Å². The fourth-order valence-corrected chi connectivity index (χ4v) is 2.97.